The van der Waals surface area contributed by atoms with Crippen LogP contribution < -0.4 is 30.5 Å². The number of ether oxygens (including phenoxy) is 4. The molecule has 58 heavy (non-hydrogen) atoms. The minimum atomic E-state index is -1.82. The zero-order valence-electron chi connectivity index (χ0n) is 29.2. The van der Waals surface area contributed by atoms with E-state index in [0.29, 0.717) is 24.2 Å². The molecule has 304 valence electrons. The van der Waals surface area contributed by atoms with Gasteiger partial charge in [-0.05, 0) is 37.3 Å². The van der Waals surface area contributed by atoms with Crippen LogP contribution in [0, 0.1) is 23.3 Å². The van der Waals surface area contributed by atoms with E-state index in [1.807, 2.05) is 0 Å². The minimum absolute atomic E-state index is 0.0162. The molecule has 6 aromatic rings. The average Bonchev–Trinajstić information content (AvgIpc) is 3.16. The van der Waals surface area contributed by atoms with Crippen LogP contribution in [0.2, 0.25) is 10.0 Å². The van der Waals surface area contributed by atoms with Gasteiger partial charge >= 0.3 is 18.5 Å². The fourth-order valence-electron chi connectivity index (χ4n) is 5.51. The molecule has 3 aromatic heterocycles. The molecule has 2 N–H and O–H groups in total. The van der Waals surface area contributed by atoms with Gasteiger partial charge in [0.15, 0.2) is 28.9 Å². The summed E-state index contributed by atoms with van der Waals surface area (Å²) < 4.78 is 89.6. The molecular formula is C36H24Cl2F5N3O12. The highest BCUT2D eigenvalue weighted by atomic mass is 35.5. The lowest BCUT2D eigenvalue weighted by molar-refractivity contribution is 0.0888. The molecule has 0 atom stereocenters. The lowest BCUT2D eigenvalue weighted by atomic mass is 10.2. The number of carboxylic acid groups (broad SMARTS) is 1. The number of aromatic nitrogens is 3. The van der Waals surface area contributed by atoms with Gasteiger partial charge in [0.2, 0.25) is 16.3 Å². The first-order valence-electron chi connectivity index (χ1n) is 16.2. The molecule has 0 spiro atoms. The van der Waals surface area contributed by atoms with Gasteiger partial charge in [0, 0.05) is 19.2 Å². The zero-order valence-corrected chi connectivity index (χ0v) is 30.7. The van der Waals surface area contributed by atoms with Crippen LogP contribution in [-0.4, -0.2) is 55.7 Å². The van der Waals surface area contributed by atoms with Gasteiger partial charge in [0.1, 0.15) is 18.3 Å². The minimum Gasteiger partial charge on any atom is -0.449 e. The summed E-state index contributed by atoms with van der Waals surface area (Å²) in [6.07, 6.45) is -2.15. The van der Waals surface area contributed by atoms with Gasteiger partial charge in [-0.1, -0.05) is 23.2 Å². The largest absolute Gasteiger partial charge is 0.524 e. The number of aliphatic hydroxyl groups is 1. The summed E-state index contributed by atoms with van der Waals surface area (Å²) >= 11 is 11.4. The molecule has 0 radical (unpaired) electrons. The van der Waals surface area contributed by atoms with E-state index in [1.54, 1.807) is 11.5 Å². The quantitative estimate of drug-likeness (QED) is 0.0912. The van der Waals surface area contributed by atoms with Gasteiger partial charge in [-0.2, -0.15) is 0 Å². The predicted octanol–water partition coefficient (Wildman–Crippen LogP) is 6.93. The first-order chi connectivity index (χ1) is 27.5. The molecule has 0 saturated heterocycles. The second kappa shape index (κ2) is 17.7. The molecule has 0 aliphatic carbocycles. The van der Waals surface area contributed by atoms with Crippen LogP contribution in [-0.2, 0) is 24.4 Å². The van der Waals surface area contributed by atoms with Crippen molar-refractivity contribution in [3.8, 4) is 17.2 Å². The van der Waals surface area contributed by atoms with Gasteiger partial charge in [-0.3, -0.25) is 14.4 Å². The van der Waals surface area contributed by atoms with Crippen molar-refractivity contribution in [2.24, 2.45) is 0 Å². The van der Waals surface area contributed by atoms with E-state index in [4.69, 9.17) is 37.8 Å². The highest BCUT2D eigenvalue weighted by molar-refractivity contribution is 6.31. The first-order valence-corrected chi connectivity index (χ1v) is 17.0. The van der Waals surface area contributed by atoms with Gasteiger partial charge in [-0.15, -0.1) is 0 Å². The van der Waals surface area contributed by atoms with Crippen LogP contribution in [0.1, 0.15) is 6.92 Å². The van der Waals surface area contributed by atoms with Crippen molar-refractivity contribution in [2.45, 2.75) is 26.6 Å². The maximum absolute atomic E-state index is 14.0. The first kappa shape index (κ1) is 42.6. The number of rotatable bonds is 8. The normalized spacial score (nSPS) is 11.0. The third-order valence-corrected chi connectivity index (χ3v) is 8.61. The van der Waals surface area contributed by atoms with Crippen molar-refractivity contribution >= 4 is 74.4 Å². The molecule has 6 rings (SSSR count). The number of benzene rings is 3. The van der Waals surface area contributed by atoms with Crippen LogP contribution in [0.4, 0.5) is 36.3 Å². The molecular weight excluding hydrogens is 832 g/mol. The number of pyridine rings is 3. The number of alkyl halides is 1. The van der Waals surface area contributed by atoms with Crippen LogP contribution in [0.25, 0.3) is 32.7 Å². The van der Waals surface area contributed by atoms with Crippen molar-refractivity contribution in [3.63, 3.8) is 0 Å². The summed E-state index contributed by atoms with van der Waals surface area (Å²) in [5.74, 6) is -6.30. The predicted molar refractivity (Wildman–Crippen MR) is 195 cm³/mol. The van der Waals surface area contributed by atoms with Crippen molar-refractivity contribution < 1.29 is 65.5 Å². The number of fused-ring (bicyclic) bond motifs is 3. The fraction of sp³-hybridized carbons (Fsp3) is 0.167. The maximum Gasteiger partial charge on any atom is 0.524 e. The standard InChI is InChI=1S/C24H15ClF4N2O8.C12H9ClFNO4/c25-13-7-17-11(5-14(13)27)21(33)20(10-31(17)3-4-32)38-24(36)39-23(35)37-19-9-30(2-1-26)18-8-16(29)15(28)6-12(18)22(19)34;1-2-15-5-10(19-12(17)18)11(16)6-3-8(14)7(13)4-9(6)15/h5-10,32H,1-4H2;3-5H,2H2,1H3,(H,17,18). The number of halogens is 7. The molecule has 15 nitrogen and oxygen atoms in total. The van der Waals surface area contributed by atoms with E-state index in [0.717, 1.165) is 35.2 Å². The van der Waals surface area contributed by atoms with E-state index in [2.05, 4.69) is 9.47 Å². The molecule has 0 unspecified atom stereocenters. The lowest BCUT2D eigenvalue weighted by Crippen LogP contribution is -2.25. The Labute approximate surface area is 329 Å². The molecule has 22 heteroatoms. The van der Waals surface area contributed by atoms with Crippen LogP contribution in [0.15, 0.2) is 69.4 Å². The Kier molecular flexibility index (Phi) is 13.0. The molecule has 0 amide bonds. The van der Waals surface area contributed by atoms with Crippen molar-refractivity contribution in [1.82, 2.24) is 13.7 Å². The molecule has 0 aliphatic heterocycles. The van der Waals surface area contributed by atoms with Crippen molar-refractivity contribution in [1.29, 1.82) is 0 Å². The Bertz CT molecular complexity index is 2700. The molecule has 3 heterocycles. The van der Waals surface area contributed by atoms with Gasteiger partial charge in [0.05, 0.1) is 74.5 Å². The molecule has 0 saturated carbocycles. The summed E-state index contributed by atoms with van der Waals surface area (Å²) in [5.41, 5.74) is -2.46. The smallest absolute Gasteiger partial charge is 0.449 e. The van der Waals surface area contributed by atoms with Gasteiger partial charge in [0.25, 0.3) is 0 Å². The average molecular weight is 856 g/mol. The summed E-state index contributed by atoms with van der Waals surface area (Å²) in [4.78, 5) is 72.2. The topological polar surface area (TPSA) is 195 Å². The SMILES string of the molecule is CCn1cc(OC(=O)O)c(=O)c2cc(F)c(Cl)cc21.O=C(OC(=O)Oc1cn(CCF)c2cc(F)c(F)cc2c1=O)Oc1cn(CCO)c2cc(Cl)c(F)cc2c1=O. The number of carbonyl (C=O) groups is 3. The monoisotopic (exact) mass is 855 g/mol. The lowest BCUT2D eigenvalue weighted by Gasteiger charge is -2.13. The Balaban J connectivity index is 0.000000281. The zero-order chi connectivity index (χ0) is 42.6. The number of nitrogens with zero attached hydrogens (tertiary/aromatic N) is 3. The van der Waals surface area contributed by atoms with E-state index in [-0.39, 0.29) is 44.1 Å². The third-order valence-electron chi connectivity index (χ3n) is 8.03. The van der Waals surface area contributed by atoms with E-state index in [9.17, 15) is 55.8 Å². The number of hydrogen-bond acceptors (Lipinski definition) is 11. The Hall–Kier alpha value is -6.51. The summed E-state index contributed by atoms with van der Waals surface area (Å²) in [6, 6.07) is 5.40. The molecule has 0 aliphatic rings. The summed E-state index contributed by atoms with van der Waals surface area (Å²) in [5, 5.41) is 16.7. The van der Waals surface area contributed by atoms with Gasteiger partial charge < -0.3 is 42.9 Å². The van der Waals surface area contributed by atoms with Crippen LogP contribution in [0.5, 0.6) is 17.2 Å². The molecule has 3 aromatic carbocycles. The van der Waals surface area contributed by atoms with Gasteiger partial charge in [-0.25, -0.2) is 36.3 Å². The number of hydrogen-bond donors (Lipinski definition) is 2. The Morgan fingerprint density at radius 3 is 1.47 bits per heavy atom. The highest BCUT2D eigenvalue weighted by Gasteiger charge is 2.23. The van der Waals surface area contributed by atoms with Crippen LogP contribution in [0.3, 0.4) is 0 Å². The summed E-state index contributed by atoms with van der Waals surface area (Å²) in [6.45, 7) is 0.266. The van der Waals surface area contributed by atoms with E-state index >= 15 is 0 Å². The third kappa shape index (κ3) is 9.03. The number of aliphatic hydroxyl groups excluding tert-OH is 1. The maximum atomic E-state index is 14.0. The van der Waals surface area contributed by atoms with E-state index in [1.165, 1.54) is 16.8 Å². The number of carbonyl (C=O) groups excluding carboxylic acids is 2. The highest BCUT2D eigenvalue weighted by Crippen LogP contribution is 2.25. The van der Waals surface area contributed by atoms with Crippen molar-refractivity contribution in [3.05, 3.63) is 119 Å². The van der Waals surface area contributed by atoms with Crippen LogP contribution >= 0.6 is 23.2 Å². The van der Waals surface area contributed by atoms with E-state index < -0.39 is 94.7 Å². The van der Waals surface area contributed by atoms with Crippen molar-refractivity contribution in [2.75, 3.05) is 13.3 Å². The Morgan fingerprint density at radius 1 is 0.621 bits per heavy atom. The fourth-order valence-corrected chi connectivity index (χ4v) is 5.82. The number of aryl methyl sites for hydroxylation is 2. The summed E-state index contributed by atoms with van der Waals surface area (Å²) in [7, 11) is 0. The Morgan fingerprint density at radius 2 is 1.02 bits per heavy atom. The second-order valence-electron chi connectivity index (χ2n) is 11.6. The second-order valence-corrected chi connectivity index (χ2v) is 12.4. The molecule has 0 fully saturated rings. The molecule has 0 bridgehead atoms.